The van der Waals surface area contributed by atoms with Crippen LogP contribution in [-0.4, -0.2) is 59.9 Å². The average Bonchev–Trinajstić information content (AvgIpc) is 3.20. The predicted octanol–water partition coefficient (Wildman–Crippen LogP) is 11.3. The summed E-state index contributed by atoms with van der Waals surface area (Å²) in [6.45, 7) is 2.61. The maximum absolute atomic E-state index is 12.6. The minimum absolute atomic E-state index is 0.0678. The van der Waals surface area contributed by atoms with Crippen LogP contribution in [0, 0.1) is 0 Å². The SMILES string of the molecule is CCCCCC=CCC=CCC=CCC=CCCCC(=O)OC[C@H](COP(=O)(O)OC[C@H](N)C(=O)O)OC(=O)CCCC=CCC=CCC=CCC=CCCCCC. The van der Waals surface area contributed by atoms with E-state index in [1.54, 1.807) is 0 Å². The van der Waals surface area contributed by atoms with Gasteiger partial charge in [-0.05, 0) is 89.9 Å². The number of phosphoric ester groups is 1. The van der Waals surface area contributed by atoms with Gasteiger partial charge in [0.15, 0.2) is 6.10 Å². The van der Waals surface area contributed by atoms with Crippen molar-refractivity contribution in [2.75, 3.05) is 19.8 Å². The summed E-state index contributed by atoms with van der Waals surface area (Å²) in [7, 11) is -4.75. The van der Waals surface area contributed by atoms with E-state index in [1.807, 2.05) is 24.3 Å². The smallest absolute Gasteiger partial charge is 0.472 e. The molecule has 0 aliphatic heterocycles. The largest absolute Gasteiger partial charge is 0.480 e. The van der Waals surface area contributed by atoms with E-state index in [1.165, 1.54) is 38.5 Å². The first-order chi connectivity index (χ1) is 28.1. The normalized spacial score (nSPS) is 14.7. The number of esters is 2. The fraction of sp³-hybridized carbons (Fsp3) is 0.587. The number of carbonyl (C=O) groups is 3. The third-order valence-electron chi connectivity index (χ3n) is 8.30. The summed E-state index contributed by atoms with van der Waals surface area (Å²) in [5.41, 5.74) is 5.32. The van der Waals surface area contributed by atoms with Crippen LogP contribution in [0.5, 0.6) is 0 Å². The Morgan fingerprint density at radius 3 is 1.29 bits per heavy atom. The van der Waals surface area contributed by atoms with Crippen LogP contribution in [0.1, 0.15) is 142 Å². The highest BCUT2D eigenvalue weighted by molar-refractivity contribution is 7.47. The lowest BCUT2D eigenvalue weighted by molar-refractivity contribution is -0.161. The zero-order chi connectivity index (χ0) is 42.8. The van der Waals surface area contributed by atoms with E-state index in [0.29, 0.717) is 25.7 Å². The minimum Gasteiger partial charge on any atom is -0.480 e. The summed E-state index contributed by atoms with van der Waals surface area (Å²) in [6, 6.07) is -1.54. The highest BCUT2D eigenvalue weighted by Crippen LogP contribution is 2.43. The number of ether oxygens (including phenoxy) is 2. The van der Waals surface area contributed by atoms with E-state index in [2.05, 4.69) is 91.3 Å². The molecule has 0 aromatic heterocycles. The maximum Gasteiger partial charge on any atom is 0.472 e. The van der Waals surface area contributed by atoms with Crippen molar-refractivity contribution in [1.29, 1.82) is 0 Å². The van der Waals surface area contributed by atoms with Gasteiger partial charge in [0.2, 0.25) is 0 Å². The minimum atomic E-state index is -4.75. The predicted molar refractivity (Wildman–Crippen MR) is 235 cm³/mol. The van der Waals surface area contributed by atoms with Crippen molar-refractivity contribution in [2.45, 2.75) is 154 Å². The molecule has 0 bridgehead atoms. The van der Waals surface area contributed by atoms with Crippen molar-refractivity contribution in [3.05, 3.63) is 97.2 Å². The third kappa shape index (κ3) is 39.2. The Labute approximate surface area is 349 Å². The first kappa shape index (κ1) is 54.4. The lowest BCUT2D eigenvalue weighted by Gasteiger charge is -2.20. The molecule has 0 aromatic carbocycles. The number of rotatable bonds is 38. The van der Waals surface area contributed by atoms with Gasteiger partial charge in [-0.2, -0.15) is 0 Å². The molecule has 0 saturated heterocycles. The Bertz CT molecular complexity index is 1350. The van der Waals surface area contributed by atoms with Crippen LogP contribution >= 0.6 is 7.82 Å². The number of nitrogens with two attached hydrogens (primary N) is 1. The van der Waals surface area contributed by atoms with Gasteiger partial charge in [-0.15, -0.1) is 0 Å². The molecule has 328 valence electrons. The Morgan fingerprint density at radius 1 is 0.534 bits per heavy atom. The van der Waals surface area contributed by atoms with Crippen LogP contribution < -0.4 is 5.73 Å². The van der Waals surface area contributed by atoms with E-state index < -0.39 is 57.7 Å². The lowest BCUT2D eigenvalue weighted by Crippen LogP contribution is -2.34. The molecule has 1 unspecified atom stereocenters. The van der Waals surface area contributed by atoms with Crippen molar-refractivity contribution >= 4 is 25.7 Å². The molecule has 0 fully saturated rings. The molecule has 11 nitrogen and oxygen atoms in total. The van der Waals surface area contributed by atoms with Gasteiger partial charge in [0, 0.05) is 12.8 Å². The summed E-state index contributed by atoms with van der Waals surface area (Å²) in [4.78, 5) is 45.9. The monoisotopic (exact) mass is 832 g/mol. The molecule has 0 amide bonds. The lowest BCUT2D eigenvalue weighted by atomic mass is 10.2. The molecule has 3 atom stereocenters. The van der Waals surface area contributed by atoms with Gasteiger partial charge >= 0.3 is 25.7 Å². The summed E-state index contributed by atoms with van der Waals surface area (Å²) in [5, 5.41) is 8.88. The number of carboxylic acid groups (broad SMARTS) is 1. The Morgan fingerprint density at radius 2 is 0.897 bits per heavy atom. The molecule has 12 heteroatoms. The van der Waals surface area contributed by atoms with Crippen LogP contribution in [0.4, 0.5) is 0 Å². The number of unbranched alkanes of at least 4 members (excludes halogenated alkanes) is 8. The summed E-state index contributed by atoms with van der Waals surface area (Å²) in [5.74, 6) is -2.54. The highest BCUT2D eigenvalue weighted by Gasteiger charge is 2.28. The number of phosphoric acid groups is 1. The molecule has 4 N–H and O–H groups in total. The second-order valence-corrected chi connectivity index (χ2v) is 15.2. The van der Waals surface area contributed by atoms with E-state index in [9.17, 15) is 23.8 Å². The van der Waals surface area contributed by atoms with E-state index in [0.717, 1.165) is 51.4 Å². The molecule has 0 spiro atoms. The average molecular weight is 832 g/mol. The third-order valence-corrected chi connectivity index (χ3v) is 9.26. The van der Waals surface area contributed by atoms with Gasteiger partial charge in [-0.1, -0.05) is 137 Å². The van der Waals surface area contributed by atoms with Crippen molar-refractivity contribution in [1.82, 2.24) is 0 Å². The van der Waals surface area contributed by atoms with E-state index in [4.69, 9.17) is 24.8 Å². The summed E-state index contributed by atoms with van der Waals surface area (Å²) >= 11 is 0. The van der Waals surface area contributed by atoms with Crippen LogP contribution in [0.2, 0.25) is 0 Å². The molecule has 58 heavy (non-hydrogen) atoms. The van der Waals surface area contributed by atoms with Gasteiger partial charge in [-0.3, -0.25) is 23.4 Å². The number of hydrogen-bond donors (Lipinski definition) is 3. The number of carbonyl (C=O) groups excluding carboxylic acids is 2. The molecule has 0 rings (SSSR count). The standard InChI is InChI=1S/C46H74NO10P/c1-3-5-7-9-11-13-15-17-19-21-23-25-27-29-31-33-35-37-44(48)54-39-42(40-55-58(52,53)56-41-43(47)46(50)51)57-45(49)38-36-34-32-30-28-26-24-22-20-18-16-14-12-10-8-6-4-2/h11-14,17-20,23-26,29-32,42-43H,3-10,15-16,21-22,27-28,33-41,47H2,1-2H3,(H,50,51)(H,52,53)/t42-,43+/m1/s1. The van der Waals surface area contributed by atoms with Gasteiger partial charge in [0.1, 0.15) is 12.6 Å². The van der Waals surface area contributed by atoms with Gasteiger partial charge in [0.25, 0.3) is 0 Å². The van der Waals surface area contributed by atoms with Gasteiger partial charge in [0.05, 0.1) is 13.2 Å². The molecular weight excluding hydrogens is 757 g/mol. The fourth-order valence-corrected chi connectivity index (χ4v) is 5.71. The van der Waals surface area contributed by atoms with Crippen LogP contribution in [0.25, 0.3) is 0 Å². The van der Waals surface area contributed by atoms with Crippen molar-refractivity contribution < 1.29 is 47.5 Å². The quantitative estimate of drug-likeness (QED) is 0.0234. The van der Waals surface area contributed by atoms with E-state index >= 15 is 0 Å². The van der Waals surface area contributed by atoms with Gasteiger partial charge < -0.3 is 25.2 Å². The van der Waals surface area contributed by atoms with Crippen LogP contribution in [0.3, 0.4) is 0 Å². The van der Waals surface area contributed by atoms with Crippen LogP contribution in [-0.2, 0) is 37.5 Å². The maximum atomic E-state index is 12.6. The summed E-state index contributed by atoms with van der Waals surface area (Å²) in [6.07, 6.45) is 50.6. The van der Waals surface area contributed by atoms with Crippen molar-refractivity contribution in [2.24, 2.45) is 5.73 Å². The summed E-state index contributed by atoms with van der Waals surface area (Å²) < 4.78 is 32.5. The van der Waals surface area contributed by atoms with E-state index in [-0.39, 0.29) is 12.8 Å². The first-order valence-electron chi connectivity index (χ1n) is 21.3. The molecule has 0 saturated carbocycles. The fourth-order valence-electron chi connectivity index (χ4n) is 4.93. The Kier molecular flexibility index (Phi) is 37.7. The number of carboxylic acids is 1. The molecule has 0 heterocycles. The molecular formula is C46H74NO10P. The molecule has 0 aliphatic carbocycles. The Balaban J connectivity index is 4.60. The Hall–Kier alpha value is -3.60. The molecule has 0 aromatic rings. The zero-order valence-corrected chi connectivity index (χ0v) is 36.2. The van der Waals surface area contributed by atoms with Gasteiger partial charge in [-0.25, -0.2) is 4.57 Å². The number of hydrogen-bond acceptors (Lipinski definition) is 9. The highest BCUT2D eigenvalue weighted by atomic mass is 31.2. The number of allylic oxidation sites excluding steroid dienone is 16. The molecule has 0 aliphatic rings. The van der Waals surface area contributed by atoms with Crippen molar-refractivity contribution in [3.8, 4) is 0 Å². The first-order valence-corrected chi connectivity index (χ1v) is 22.8. The van der Waals surface area contributed by atoms with Crippen molar-refractivity contribution in [3.63, 3.8) is 0 Å². The second kappa shape index (κ2) is 40.2. The zero-order valence-electron chi connectivity index (χ0n) is 35.3. The number of aliphatic carboxylic acids is 1. The molecule has 0 radical (unpaired) electrons. The topological polar surface area (TPSA) is 172 Å². The second-order valence-electron chi connectivity index (χ2n) is 13.8. The van der Waals surface area contributed by atoms with Crippen LogP contribution in [0.15, 0.2) is 97.2 Å².